The highest BCUT2D eigenvalue weighted by Crippen LogP contribution is 2.18. The molecule has 3 heteroatoms. The van der Waals surface area contributed by atoms with Gasteiger partial charge < -0.3 is 9.73 Å². The van der Waals surface area contributed by atoms with E-state index in [1.807, 2.05) is 36.5 Å². The second-order valence-electron chi connectivity index (χ2n) is 4.61. The van der Waals surface area contributed by atoms with Crippen LogP contribution in [0.25, 0.3) is 10.9 Å². The molecule has 1 N–H and O–H groups in total. The molecule has 0 spiro atoms. The summed E-state index contributed by atoms with van der Waals surface area (Å²) in [6.45, 7) is 2.90. The highest BCUT2D eigenvalue weighted by Gasteiger charge is 2.08. The Morgan fingerprint density at radius 1 is 1.16 bits per heavy atom. The Morgan fingerprint density at radius 3 is 2.89 bits per heavy atom. The number of rotatable bonds is 4. The Bertz CT molecular complexity index is 656. The fraction of sp³-hybridized carbons (Fsp3) is 0.188. The molecule has 0 aliphatic rings. The van der Waals surface area contributed by atoms with Gasteiger partial charge in [-0.25, -0.2) is 0 Å². The quantitative estimate of drug-likeness (QED) is 0.769. The summed E-state index contributed by atoms with van der Waals surface area (Å²) in [5.74, 6) is 0.957. The Hall–Kier alpha value is -2.13. The van der Waals surface area contributed by atoms with Gasteiger partial charge in [0.15, 0.2) is 0 Å². The molecular formula is C16H16N2O. The van der Waals surface area contributed by atoms with Gasteiger partial charge in [-0.2, -0.15) is 0 Å². The van der Waals surface area contributed by atoms with Crippen LogP contribution in [-0.4, -0.2) is 4.98 Å². The second kappa shape index (κ2) is 5.24. The zero-order valence-corrected chi connectivity index (χ0v) is 10.8. The monoisotopic (exact) mass is 252 g/mol. The lowest BCUT2D eigenvalue weighted by Gasteiger charge is -2.12. The summed E-state index contributed by atoms with van der Waals surface area (Å²) in [6, 6.07) is 14.4. The Balaban J connectivity index is 1.79. The van der Waals surface area contributed by atoms with Crippen LogP contribution in [0.4, 0.5) is 0 Å². The van der Waals surface area contributed by atoms with E-state index >= 15 is 0 Å². The Labute approximate surface area is 112 Å². The first-order valence-electron chi connectivity index (χ1n) is 6.44. The lowest BCUT2D eigenvalue weighted by Crippen LogP contribution is -2.17. The van der Waals surface area contributed by atoms with Crippen molar-refractivity contribution < 1.29 is 4.42 Å². The molecule has 1 aromatic carbocycles. The second-order valence-corrected chi connectivity index (χ2v) is 4.61. The minimum absolute atomic E-state index is 0.196. The summed E-state index contributed by atoms with van der Waals surface area (Å²) in [5, 5.41) is 4.67. The summed E-state index contributed by atoms with van der Waals surface area (Å²) in [4.78, 5) is 4.37. The van der Waals surface area contributed by atoms with Gasteiger partial charge in [0, 0.05) is 18.1 Å². The van der Waals surface area contributed by atoms with Crippen LogP contribution in [0, 0.1) is 0 Å². The maximum atomic E-state index is 5.40. The van der Waals surface area contributed by atoms with Crippen LogP contribution >= 0.6 is 0 Å². The van der Waals surface area contributed by atoms with Crippen molar-refractivity contribution in [3.8, 4) is 0 Å². The first-order chi connectivity index (χ1) is 9.34. The zero-order chi connectivity index (χ0) is 13.1. The van der Waals surface area contributed by atoms with E-state index in [-0.39, 0.29) is 6.04 Å². The van der Waals surface area contributed by atoms with Crippen molar-refractivity contribution in [2.45, 2.75) is 19.5 Å². The number of benzene rings is 1. The fourth-order valence-corrected chi connectivity index (χ4v) is 2.21. The molecule has 0 amide bonds. The lowest BCUT2D eigenvalue weighted by atomic mass is 10.1. The number of hydrogen-bond acceptors (Lipinski definition) is 3. The van der Waals surface area contributed by atoms with E-state index in [1.54, 1.807) is 6.26 Å². The molecule has 0 fully saturated rings. The van der Waals surface area contributed by atoms with Gasteiger partial charge in [0.1, 0.15) is 5.76 Å². The molecule has 0 saturated heterocycles. The van der Waals surface area contributed by atoms with Crippen molar-refractivity contribution in [1.82, 2.24) is 10.3 Å². The minimum Gasteiger partial charge on any atom is -0.468 e. The zero-order valence-electron chi connectivity index (χ0n) is 10.8. The van der Waals surface area contributed by atoms with Crippen LogP contribution in [0.15, 0.2) is 59.3 Å². The fourth-order valence-electron chi connectivity index (χ4n) is 2.21. The smallest absolute Gasteiger partial charge is 0.120 e. The third-order valence-electron chi connectivity index (χ3n) is 3.31. The molecular weight excluding hydrogens is 236 g/mol. The van der Waals surface area contributed by atoms with Gasteiger partial charge in [-0.15, -0.1) is 0 Å². The van der Waals surface area contributed by atoms with Gasteiger partial charge in [-0.1, -0.05) is 18.2 Å². The predicted molar refractivity (Wildman–Crippen MR) is 75.7 cm³/mol. The van der Waals surface area contributed by atoms with Crippen molar-refractivity contribution in [3.63, 3.8) is 0 Å². The molecule has 19 heavy (non-hydrogen) atoms. The van der Waals surface area contributed by atoms with Crippen LogP contribution < -0.4 is 5.32 Å². The summed E-state index contributed by atoms with van der Waals surface area (Å²) in [7, 11) is 0. The van der Waals surface area contributed by atoms with Crippen LogP contribution in [0.2, 0.25) is 0 Å². The first-order valence-corrected chi connectivity index (χ1v) is 6.44. The van der Waals surface area contributed by atoms with Gasteiger partial charge >= 0.3 is 0 Å². The molecule has 0 radical (unpaired) electrons. The molecule has 0 saturated carbocycles. The number of hydrogen-bond donors (Lipinski definition) is 1. The van der Waals surface area contributed by atoms with Gasteiger partial charge in [0.25, 0.3) is 0 Å². The highest BCUT2D eigenvalue weighted by molar-refractivity contribution is 5.81. The first kappa shape index (κ1) is 11.9. The van der Waals surface area contributed by atoms with Crippen LogP contribution in [0.3, 0.4) is 0 Å². The van der Waals surface area contributed by atoms with Crippen LogP contribution in [0.5, 0.6) is 0 Å². The maximum absolute atomic E-state index is 5.40. The minimum atomic E-state index is 0.196. The van der Waals surface area contributed by atoms with Gasteiger partial charge in [0.2, 0.25) is 0 Å². The van der Waals surface area contributed by atoms with Crippen molar-refractivity contribution >= 4 is 10.9 Å². The average molecular weight is 252 g/mol. The topological polar surface area (TPSA) is 38.1 Å². The molecule has 0 aliphatic carbocycles. The molecule has 3 nitrogen and oxygen atoms in total. The van der Waals surface area contributed by atoms with Crippen molar-refractivity contribution in [3.05, 3.63) is 66.2 Å². The molecule has 96 valence electrons. The van der Waals surface area contributed by atoms with E-state index in [4.69, 9.17) is 4.42 Å². The predicted octanol–water partition coefficient (Wildman–Crippen LogP) is 3.68. The lowest BCUT2D eigenvalue weighted by molar-refractivity contribution is 0.430. The number of aromatic nitrogens is 1. The number of para-hydroxylation sites is 1. The van der Waals surface area contributed by atoms with Crippen molar-refractivity contribution in [2.24, 2.45) is 0 Å². The number of fused-ring (bicyclic) bond motifs is 1. The van der Waals surface area contributed by atoms with Gasteiger partial charge in [-0.05, 0) is 36.8 Å². The highest BCUT2D eigenvalue weighted by atomic mass is 16.3. The largest absolute Gasteiger partial charge is 0.468 e. The third-order valence-corrected chi connectivity index (χ3v) is 3.31. The molecule has 0 aliphatic heterocycles. The van der Waals surface area contributed by atoms with E-state index in [1.165, 1.54) is 10.9 Å². The SMILES string of the molecule is C[C@H](NCc1ccnc2ccccc12)c1ccco1. The normalized spacial score (nSPS) is 12.7. The molecule has 2 aromatic heterocycles. The summed E-state index contributed by atoms with van der Waals surface area (Å²) < 4.78 is 5.40. The Kier molecular flexibility index (Phi) is 3.29. The van der Waals surface area contributed by atoms with Crippen molar-refractivity contribution in [1.29, 1.82) is 0 Å². The molecule has 0 bridgehead atoms. The molecule has 0 unspecified atom stereocenters. The van der Waals surface area contributed by atoms with E-state index < -0.39 is 0 Å². The van der Waals surface area contributed by atoms with Crippen LogP contribution in [-0.2, 0) is 6.54 Å². The van der Waals surface area contributed by atoms with E-state index in [2.05, 4.69) is 29.4 Å². The van der Waals surface area contributed by atoms with Gasteiger partial charge in [-0.3, -0.25) is 4.98 Å². The summed E-state index contributed by atoms with van der Waals surface area (Å²) in [6.07, 6.45) is 3.56. The number of furan rings is 1. The molecule has 3 aromatic rings. The molecule has 3 rings (SSSR count). The van der Waals surface area contributed by atoms with Crippen molar-refractivity contribution in [2.75, 3.05) is 0 Å². The van der Waals surface area contributed by atoms with E-state index in [0.717, 1.165) is 17.8 Å². The number of nitrogens with one attached hydrogen (secondary N) is 1. The summed E-state index contributed by atoms with van der Waals surface area (Å²) in [5.41, 5.74) is 2.29. The Morgan fingerprint density at radius 2 is 2.05 bits per heavy atom. The standard InChI is InChI=1S/C16H16N2O/c1-12(16-7-4-10-19-16)18-11-13-8-9-17-15-6-3-2-5-14(13)15/h2-10,12,18H,11H2,1H3/t12-/m0/s1. The third kappa shape index (κ3) is 2.51. The van der Waals surface area contributed by atoms with Crippen LogP contribution in [0.1, 0.15) is 24.3 Å². The number of pyridine rings is 1. The number of nitrogens with zero attached hydrogens (tertiary/aromatic N) is 1. The van der Waals surface area contributed by atoms with Gasteiger partial charge in [0.05, 0.1) is 17.8 Å². The average Bonchev–Trinajstić information content (AvgIpc) is 2.99. The van der Waals surface area contributed by atoms with E-state index in [9.17, 15) is 0 Å². The summed E-state index contributed by atoms with van der Waals surface area (Å²) >= 11 is 0. The molecule has 2 heterocycles. The van der Waals surface area contributed by atoms with E-state index in [0.29, 0.717) is 0 Å². The maximum Gasteiger partial charge on any atom is 0.120 e. The molecule has 1 atom stereocenters.